The fourth-order valence-corrected chi connectivity index (χ4v) is 5.92. The maximum atomic E-state index is 13.3. The number of nitrogens with one attached hydrogen (secondary N) is 1. The standard InChI is InChI=1S/C24H20BrN3O5S2/c1-33-19-9-5-6-17(14-19)26-22(29)15-21-23(30)28(18-7-3-2-4-8-18)24(34-21)27-35(31,32)20-12-10-16(25)11-13-20/h2-14,21H,15H2,1H3,(H,26,29). The van der Waals surface area contributed by atoms with Crippen molar-refractivity contribution in [3.8, 4) is 5.75 Å². The fourth-order valence-electron chi connectivity index (χ4n) is 3.32. The van der Waals surface area contributed by atoms with E-state index >= 15 is 0 Å². The SMILES string of the molecule is COc1cccc(NC(=O)CC2SC(=NS(=O)(=O)c3ccc(Br)cc3)N(c3ccccc3)C2=O)c1. The maximum Gasteiger partial charge on any atom is 0.284 e. The van der Waals surface area contributed by atoms with Gasteiger partial charge in [-0.25, -0.2) is 0 Å². The van der Waals surface area contributed by atoms with Gasteiger partial charge in [-0.1, -0.05) is 52.0 Å². The number of benzene rings is 3. The third-order valence-electron chi connectivity index (χ3n) is 4.98. The van der Waals surface area contributed by atoms with Crippen molar-refractivity contribution >= 4 is 66.1 Å². The predicted molar refractivity (Wildman–Crippen MR) is 140 cm³/mol. The molecule has 4 rings (SSSR count). The average molecular weight is 574 g/mol. The Bertz CT molecular complexity index is 1380. The summed E-state index contributed by atoms with van der Waals surface area (Å²) in [5.74, 6) is -0.238. The lowest BCUT2D eigenvalue weighted by Crippen LogP contribution is -2.33. The van der Waals surface area contributed by atoms with Crippen molar-refractivity contribution in [2.24, 2.45) is 4.40 Å². The van der Waals surface area contributed by atoms with Gasteiger partial charge in [0.15, 0.2) is 5.17 Å². The first-order valence-corrected chi connectivity index (χ1v) is 13.5. The lowest BCUT2D eigenvalue weighted by molar-refractivity contribution is -0.121. The van der Waals surface area contributed by atoms with E-state index in [1.807, 2.05) is 0 Å². The predicted octanol–water partition coefficient (Wildman–Crippen LogP) is 4.68. The molecule has 0 saturated carbocycles. The highest BCUT2D eigenvalue weighted by molar-refractivity contribution is 9.10. The number of nitrogens with zero attached hydrogens (tertiary/aromatic N) is 2. The molecule has 3 aromatic carbocycles. The smallest absolute Gasteiger partial charge is 0.284 e. The van der Waals surface area contributed by atoms with E-state index in [-0.39, 0.29) is 16.5 Å². The van der Waals surface area contributed by atoms with Crippen LogP contribution in [0.4, 0.5) is 11.4 Å². The summed E-state index contributed by atoms with van der Waals surface area (Å²) < 4.78 is 35.8. The van der Waals surface area contributed by atoms with Gasteiger partial charge in [0.05, 0.1) is 17.7 Å². The van der Waals surface area contributed by atoms with Gasteiger partial charge in [-0.2, -0.15) is 8.42 Å². The number of carbonyl (C=O) groups excluding carboxylic acids is 2. The molecule has 2 amide bonds. The van der Waals surface area contributed by atoms with Crippen LogP contribution in [0.1, 0.15) is 6.42 Å². The number of amidine groups is 1. The van der Waals surface area contributed by atoms with Crippen LogP contribution >= 0.6 is 27.7 Å². The number of thioether (sulfide) groups is 1. The minimum Gasteiger partial charge on any atom is -0.497 e. The zero-order valence-electron chi connectivity index (χ0n) is 18.4. The van der Waals surface area contributed by atoms with Crippen molar-refractivity contribution in [1.29, 1.82) is 0 Å². The van der Waals surface area contributed by atoms with E-state index in [1.165, 1.54) is 24.1 Å². The number of amides is 2. The second kappa shape index (κ2) is 10.6. The quantitative estimate of drug-likeness (QED) is 0.440. The van der Waals surface area contributed by atoms with Gasteiger partial charge in [0.1, 0.15) is 11.0 Å². The van der Waals surface area contributed by atoms with Crippen LogP contribution in [0.3, 0.4) is 0 Å². The molecule has 0 aliphatic carbocycles. The zero-order valence-corrected chi connectivity index (χ0v) is 21.6. The van der Waals surface area contributed by atoms with Crippen LogP contribution in [0.2, 0.25) is 0 Å². The van der Waals surface area contributed by atoms with Crippen LogP contribution in [0.25, 0.3) is 0 Å². The van der Waals surface area contributed by atoms with Gasteiger partial charge in [-0.15, -0.1) is 4.40 Å². The number of rotatable bonds is 7. The van der Waals surface area contributed by atoms with Gasteiger partial charge in [0, 0.05) is 22.6 Å². The van der Waals surface area contributed by atoms with Crippen LogP contribution in [0.15, 0.2) is 92.6 Å². The number of ether oxygens (including phenoxy) is 1. The average Bonchev–Trinajstić information content (AvgIpc) is 3.13. The summed E-state index contributed by atoms with van der Waals surface area (Å²) in [5.41, 5.74) is 0.988. The Hall–Kier alpha value is -3.15. The largest absolute Gasteiger partial charge is 0.497 e. The summed E-state index contributed by atoms with van der Waals surface area (Å²) in [5, 5.41) is 1.89. The number of para-hydroxylation sites is 1. The minimum absolute atomic E-state index is 0.00604. The Labute approximate surface area is 215 Å². The summed E-state index contributed by atoms with van der Waals surface area (Å²) in [4.78, 5) is 27.2. The van der Waals surface area contributed by atoms with E-state index in [0.717, 1.165) is 16.2 Å². The number of anilines is 2. The summed E-state index contributed by atoms with van der Waals surface area (Å²) in [6.45, 7) is 0. The van der Waals surface area contributed by atoms with Crippen molar-refractivity contribution in [1.82, 2.24) is 0 Å². The Morgan fingerprint density at radius 2 is 1.80 bits per heavy atom. The molecule has 0 aromatic heterocycles. The molecule has 1 unspecified atom stereocenters. The zero-order chi connectivity index (χ0) is 25.0. The first-order chi connectivity index (χ1) is 16.8. The Kier molecular flexibility index (Phi) is 7.58. The number of carbonyl (C=O) groups is 2. The molecule has 1 heterocycles. The van der Waals surface area contributed by atoms with Gasteiger partial charge < -0.3 is 10.1 Å². The second-order valence-electron chi connectivity index (χ2n) is 7.40. The van der Waals surface area contributed by atoms with Crippen molar-refractivity contribution in [3.05, 3.63) is 83.3 Å². The Balaban J connectivity index is 1.61. The Morgan fingerprint density at radius 3 is 2.49 bits per heavy atom. The van der Waals surface area contributed by atoms with Gasteiger partial charge in [-0.05, 0) is 48.5 Å². The Morgan fingerprint density at radius 1 is 1.09 bits per heavy atom. The van der Waals surface area contributed by atoms with Gasteiger partial charge >= 0.3 is 0 Å². The lowest BCUT2D eigenvalue weighted by atomic mass is 10.2. The molecule has 11 heteroatoms. The molecule has 1 saturated heterocycles. The van der Waals surface area contributed by atoms with Crippen LogP contribution in [-0.4, -0.2) is 37.8 Å². The molecule has 3 aromatic rings. The first kappa shape index (κ1) is 25.0. The maximum absolute atomic E-state index is 13.3. The summed E-state index contributed by atoms with van der Waals surface area (Å²) in [6.07, 6.45) is -0.165. The topological polar surface area (TPSA) is 105 Å². The van der Waals surface area contributed by atoms with E-state index in [9.17, 15) is 18.0 Å². The van der Waals surface area contributed by atoms with Gasteiger partial charge in [0.2, 0.25) is 11.8 Å². The van der Waals surface area contributed by atoms with E-state index in [0.29, 0.717) is 17.1 Å². The van der Waals surface area contributed by atoms with Crippen LogP contribution in [-0.2, 0) is 19.6 Å². The number of halogens is 1. The van der Waals surface area contributed by atoms with Crippen LogP contribution < -0.4 is 15.0 Å². The molecule has 35 heavy (non-hydrogen) atoms. The summed E-state index contributed by atoms with van der Waals surface area (Å²) in [7, 11) is -2.57. The molecule has 1 atom stereocenters. The molecule has 0 bridgehead atoms. The summed E-state index contributed by atoms with van der Waals surface area (Å²) in [6, 6.07) is 21.5. The van der Waals surface area contributed by atoms with Gasteiger partial charge in [-0.3, -0.25) is 14.5 Å². The third-order valence-corrected chi connectivity index (χ3v) is 8.05. The monoisotopic (exact) mass is 573 g/mol. The highest BCUT2D eigenvalue weighted by Gasteiger charge is 2.41. The first-order valence-electron chi connectivity index (χ1n) is 10.4. The fraction of sp³-hybridized carbons (Fsp3) is 0.125. The molecule has 8 nitrogen and oxygen atoms in total. The minimum atomic E-state index is -4.09. The van der Waals surface area contributed by atoms with Crippen molar-refractivity contribution < 1.29 is 22.7 Å². The van der Waals surface area contributed by atoms with Crippen LogP contribution in [0, 0.1) is 0 Å². The molecular weight excluding hydrogens is 554 g/mol. The highest BCUT2D eigenvalue weighted by atomic mass is 79.9. The molecular formula is C24H20BrN3O5S2. The number of hydrogen-bond donors (Lipinski definition) is 1. The second-order valence-corrected chi connectivity index (χ2v) is 11.1. The van der Waals surface area contributed by atoms with E-state index in [2.05, 4.69) is 25.6 Å². The van der Waals surface area contributed by atoms with Crippen molar-refractivity contribution in [3.63, 3.8) is 0 Å². The van der Waals surface area contributed by atoms with E-state index < -0.39 is 27.1 Å². The molecule has 1 aliphatic rings. The summed E-state index contributed by atoms with van der Waals surface area (Å²) >= 11 is 4.22. The van der Waals surface area contributed by atoms with E-state index in [1.54, 1.807) is 66.7 Å². The van der Waals surface area contributed by atoms with Crippen molar-refractivity contribution in [2.45, 2.75) is 16.6 Å². The number of methoxy groups -OCH3 is 1. The van der Waals surface area contributed by atoms with Crippen LogP contribution in [0.5, 0.6) is 5.75 Å². The molecule has 1 N–H and O–H groups in total. The van der Waals surface area contributed by atoms with Crippen molar-refractivity contribution in [2.75, 3.05) is 17.3 Å². The number of sulfonamides is 1. The molecule has 0 radical (unpaired) electrons. The molecule has 1 aliphatic heterocycles. The normalized spacial score (nSPS) is 17.0. The molecule has 1 fully saturated rings. The van der Waals surface area contributed by atoms with E-state index in [4.69, 9.17) is 4.74 Å². The van der Waals surface area contributed by atoms with Gasteiger partial charge in [0.25, 0.3) is 10.0 Å². The lowest BCUT2D eigenvalue weighted by Gasteiger charge is -2.16. The molecule has 180 valence electrons. The molecule has 0 spiro atoms. The number of hydrogen-bond acceptors (Lipinski definition) is 6. The third kappa shape index (κ3) is 5.92. The highest BCUT2D eigenvalue weighted by Crippen LogP contribution is 2.35.